The summed E-state index contributed by atoms with van der Waals surface area (Å²) in [5, 5.41) is 9.00. The van der Waals surface area contributed by atoms with Crippen molar-refractivity contribution in [1.82, 2.24) is 4.90 Å². The molecular weight excluding hydrogens is 347 g/mol. The van der Waals surface area contributed by atoms with Crippen LogP contribution < -0.4 is 23.6 Å². The van der Waals surface area contributed by atoms with E-state index in [-0.39, 0.29) is 36.9 Å². The number of fused-ring (bicyclic) bond motifs is 1. The molecule has 1 atom stereocenters. The Morgan fingerprint density at radius 3 is 2.71 bits per heavy atom. The third kappa shape index (κ3) is 3.03. The predicted octanol–water partition coefficient (Wildman–Crippen LogP) is 0.726. The van der Waals surface area contributed by atoms with E-state index < -0.39 is 5.60 Å². The molecule has 6 heteroatoms. The minimum absolute atomic E-state index is 0. The number of nitrogens with zero attached hydrogens (tertiary/aromatic N) is 2. The number of ether oxygens (including phenoxy) is 2. The second kappa shape index (κ2) is 7.30. The maximum atomic E-state index is 13.2. The molecule has 1 amide bonds. The summed E-state index contributed by atoms with van der Waals surface area (Å²) < 4.78 is 12.1. The number of hydrogen-bond donors (Lipinski definition) is 0. The van der Waals surface area contributed by atoms with E-state index in [0.717, 1.165) is 24.6 Å². The fourth-order valence-electron chi connectivity index (χ4n) is 4.37. The van der Waals surface area contributed by atoms with Gasteiger partial charge >= 0.3 is 18.9 Å². The van der Waals surface area contributed by atoms with Gasteiger partial charge in [-0.05, 0) is 23.8 Å². The SMILES string of the molecule is N#Cc1cccc(OC2CC3(C2)O[C-]2CC[C@@H](c4ccccc4)N2C3=O)c1.[Li+]. The van der Waals surface area contributed by atoms with Crippen LogP contribution in [-0.4, -0.2) is 22.5 Å². The smallest absolute Gasteiger partial charge is 0.516 e. The summed E-state index contributed by atoms with van der Waals surface area (Å²) >= 11 is 0. The standard InChI is InChI=1S/C22H19N2O3.Li/c23-14-15-5-4-8-17(11-15)26-18-12-22(13-18)21(25)24-19(9-10-20(24)27-22)16-6-2-1-3-7-16;/h1-8,11,18-19H,9-10,12-13H2;/q-1;+1/t18?,19-,22?;/m0./s1. The second-order valence-electron chi connectivity index (χ2n) is 7.42. The molecule has 0 bridgehead atoms. The van der Waals surface area contributed by atoms with Crippen molar-refractivity contribution in [1.29, 1.82) is 5.26 Å². The monoisotopic (exact) mass is 366 g/mol. The quantitative estimate of drug-likeness (QED) is 0.593. The topological polar surface area (TPSA) is 62.6 Å². The van der Waals surface area contributed by atoms with Gasteiger partial charge in [0, 0.05) is 18.9 Å². The largest absolute Gasteiger partial charge is 1.00 e. The van der Waals surface area contributed by atoms with Gasteiger partial charge in [0.2, 0.25) is 5.91 Å². The van der Waals surface area contributed by atoms with Crippen molar-refractivity contribution in [2.24, 2.45) is 0 Å². The average Bonchev–Trinajstić information content (AvgIpc) is 3.21. The Balaban J connectivity index is 0.00000192. The number of nitriles is 1. The average molecular weight is 366 g/mol. The molecule has 0 N–H and O–H groups in total. The Morgan fingerprint density at radius 1 is 1.18 bits per heavy atom. The first kappa shape index (κ1) is 19.1. The Kier molecular flexibility index (Phi) is 4.98. The van der Waals surface area contributed by atoms with E-state index in [1.165, 1.54) is 0 Å². The Morgan fingerprint density at radius 2 is 1.96 bits per heavy atom. The molecule has 28 heavy (non-hydrogen) atoms. The molecule has 5 nitrogen and oxygen atoms in total. The number of carbonyl (C=O) groups is 1. The summed E-state index contributed by atoms with van der Waals surface area (Å²) in [5.74, 6) is 0.726. The summed E-state index contributed by atoms with van der Waals surface area (Å²) in [5.41, 5.74) is 0.957. The zero-order valence-electron chi connectivity index (χ0n) is 15.8. The molecule has 1 aliphatic carbocycles. The fraction of sp³-hybridized carbons (Fsp3) is 0.318. The molecule has 3 aliphatic rings. The summed E-state index contributed by atoms with van der Waals surface area (Å²) in [6.45, 7) is 0. The van der Waals surface area contributed by atoms with E-state index in [9.17, 15) is 4.79 Å². The minimum atomic E-state index is -0.764. The predicted molar refractivity (Wildman–Crippen MR) is 97.1 cm³/mol. The molecule has 5 rings (SSSR count). The molecule has 0 radical (unpaired) electrons. The van der Waals surface area contributed by atoms with Crippen LogP contribution in [0.25, 0.3) is 0 Å². The summed E-state index contributed by atoms with van der Waals surface area (Å²) in [4.78, 5) is 15.0. The minimum Gasteiger partial charge on any atom is -0.516 e. The van der Waals surface area contributed by atoms with Gasteiger partial charge in [-0.1, -0.05) is 42.8 Å². The fourth-order valence-corrected chi connectivity index (χ4v) is 4.37. The van der Waals surface area contributed by atoms with Crippen molar-refractivity contribution < 1.29 is 33.1 Å². The number of carbonyl (C=O) groups excluding carboxylic acids is 1. The van der Waals surface area contributed by atoms with Gasteiger partial charge in [0.05, 0.1) is 11.6 Å². The summed E-state index contributed by atoms with van der Waals surface area (Å²) in [6.07, 6.45) is 3.52. The molecule has 1 spiro atoms. The second-order valence-corrected chi connectivity index (χ2v) is 7.42. The van der Waals surface area contributed by atoms with Crippen molar-refractivity contribution in [3.63, 3.8) is 0 Å². The summed E-state index contributed by atoms with van der Waals surface area (Å²) in [6, 6.07) is 19.4. The maximum Gasteiger partial charge on any atom is 1.00 e. The van der Waals surface area contributed by atoms with Crippen LogP contribution in [0.15, 0.2) is 54.6 Å². The number of benzene rings is 2. The Bertz CT molecular complexity index is 921. The van der Waals surface area contributed by atoms with Gasteiger partial charge in [-0.3, -0.25) is 4.79 Å². The third-order valence-corrected chi connectivity index (χ3v) is 5.70. The molecule has 0 aromatic heterocycles. The van der Waals surface area contributed by atoms with Crippen LogP contribution in [0.3, 0.4) is 0 Å². The van der Waals surface area contributed by atoms with Gasteiger partial charge in [-0.15, -0.1) is 12.6 Å². The number of amides is 1. The van der Waals surface area contributed by atoms with Crippen molar-refractivity contribution >= 4 is 5.91 Å². The van der Waals surface area contributed by atoms with Gasteiger partial charge in [-0.2, -0.15) is 5.26 Å². The van der Waals surface area contributed by atoms with E-state index in [4.69, 9.17) is 14.7 Å². The van der Waals surface area contributed by atoms with Gasteiger partial charge in [0.15, 0.2) is 0 Å². The van der Waals surface area contributed by atoms with Gasteiger partial charge in [0.1, 0.15) is 17.5 Å². The Hall–Kier alpha value is -2.24. The van der Waals surface area contributed by atoms with Crippen LogP contribution in [0.2, 0.25) is 0 Å². The molecule has 136 valence electrons. The van der Waals surface area contributed by atoms with Crippen LogP contribution in [0.4, 0.5) is 0 Å². The van der Waals surface area contributed by atoms with Gasteiger partial charge < -0.3 is 14.4 Å². The maximum absolute atomic E-state index is 13.2. The molecule has 2 saturated heterocycles. The first-order valence-corrected chi connectivity index (χ1v) is 9.29. The first-order valence-electron chi connectivity index (χ1n) is 9.29. The van der Waals surface area contributed by atoms with E-state index in [2.05, 4.69) is 18.2 Å². The third-order valence-electron chi connectivity index (χ3n) is 5.70. The normalized spacial score (nSPS) is 28.4. The molecule has 2 aromatic carbocycles. The van der Waals surface area contributed by atoms with E-state index in [1.807, 2.05) is 29.2 Å². The molecular formula is C22H19LiN2O3. The van der Waals surface area contributed by atoms with Crippen molar-refractivity contribution in [2.45, 2.75) is 43.4 Å². The van der Waals surface area contributed by atoms with E-state index in [0.29, 0.717) is 24.2 Å². The zero-order chi connectivity index (χ0) is 18.4. The molecule has 2 aliphatic heterocycles. The van der Waals surface area contributed by atoms with Crippen molar-refractivity contribution in [2.75, 3.05) is 0 Å². The van der Waals surface area contributed by atoms with Crippen LogP contribution >= 0.6 is 0 Å². The van der Waals surface area contributed by atoms with Gasteiger partial charge in [0.25, 0.3) is 0 Å². The first-order chi connectivity index (χ1) is 13.2. The number of hydrogen-bond acceptors (Lipinski definition) is 4. The van der Waals surface area contributed by atoms with E-state index in [1.54, 1.807) is 18.2 Å². The molecule has 2 heterocycles. The molecule has 1 saturated carbocycles. The van der Waals surface area contributed by atoms with Crippen molar-refractivity contribution in [3.8, 4) is 11.8 Å². The Labute approximate surface area is 176 Å². The van der Waals surface area contributed by atoms with Crippen LogP contribution in [0.5, 0.6) is 5.75 Å². The molecule has 0 unspecified atom stereocenters. The number of rotatable bonds is 3. The molecule has 2 aromatic rings. The van der Waals surface area contributed by atoms with Crippen LogP contribution in [0, 0.1) is 17.6 Å². The summed E-state index contributed by atoms with van der Waals surface area (Å²) in [7, 11) is 0. The van der Waals surface area contributed by atoms with Gasteiger partial charge in [-0.25, -0.2) is 0 Å². The van der Waals surface area contributed by atoms with Crippen LogP contribution in [-0.2, 0) is 9.53 Å². The molecule has 3 fully saturated rings. The van der Waals surface area contributed by atoms with Crippen molar-refractivity contribution in [3.05, 3.63) is 72.0 Å². The van der Waals surface area contributed by atoms with Crippen LogP contribution in [0.1, 0.15) is 42.9 Å². The zero-order valence-corrected chi connectivity index (χ0v) is 15.8. The van der Waals surface area contributed by atoms with E-state index >= 15 is 0 Å².